The smallest absolute Gasteiger partial charge is 0.191 e. The molecule has 9 heteroatoms. The van der Waals surface area contributed by atoms with Crippen molar-refractivity contribution in [3.05, 3.63) is 40.8 Å². The highest BCUT2D eigenvalue weighted by Gasteiger charge is 2.16. The number of aliphatic imine (C=N–C) groups is 1. The van der Waals surface area contributed by atoms with E-state index in [1.54, 1.807) is 0 Å². The zero-order valence-electron chi connectivity index (χ0n) is 20.4. The van der Waals surface area contributed by atoms with Gasteiger partial charge in [-0.25, -0.2) is 9.98 Å². The zero-order valence-corrected chi connectivity index (χ0v) is 22.7. The number of rotatable bonds is 7. The van der Waals surface area contributed by atoms with Gasteiger partial charge in [0.05, 0.1) is 12.2 Å². The van der Waals surface area contributed by atoms with Crippen LogP contribution in [0.2, 0.25) is 0 Å². The Bertz CT molecular complexity index is 886. The molecule has 3 heterocycles. The molecule has 0 aliphatic carbocycles. The van der Waals surface area contributed by atoms with E-state index in [0.717, 1.165) is 56.6 Å². The molecule has 1 fully saturated rings. The van der Waals surface area contributed by atoms with Gasteiger partial charge >= 0.3 is 0 Å². The quantitative estimate of drug-likeness (QED) is 0.312. The number of pyridine rings is 1. The average Bonchev–Trinajstić information content (AvgIpc) is 2.99. The molecule has 1 aliphatic rings. The van der Waals surface area contributed by atoms with E-state index in [1.807, 2.05) is 17.9 Å². The summed E-state index contributed by atoms with van der Waals surface area (Å²) in [5, 5.41) is 11.5. The van der Waals surface area contributed by atoms with Crippen molar-refractivity contribution in [2.75, 3.05) is 44.7 Å². The van der Waals surface area contributed by atoms with Crippen molar-refractivity contribution < 1.29 is 0 Å². The van der Waals surface area contributed by atoms with Gasteiger partial charge in [-0.2, -0.15) is 5.10 Å². The lowest BCUT2D eigenvalue weighted by atomic mass is 10.1. The summed E-state index contributed by atoms with van der Waals surface area (Å²) in [7, 11) is 4.17. The summed E-state index contributed by atoms with van der Waals surface area (Å²) in [6.45, 7) is 14.1. The van der Waals surface area contributed by atoms with Gasteiger partial charge in [-0.3, -0.25) is 4.68 Å². The van der Waals surface area contributed by atoms with E-state index in [0.29, 0.717) is 6.54 Å². The maximum absolute atomic E-state index is 4.83. The van der Waals surface area contributed by atoms with Crippen LogP contribution in [0.5, 0.6) is 0 Å². The van der Waals surface area contributed by atoms with E-state index in [9.17, 15) is 0 Å². The molecule has 32 heavy (non-hydrogen) atoms. The maximum atomic E-state index is 4.83. The minimum atomic E-state index is 0. The fourth-order valence-electron chi connectivity index (χ4n) is 3.96. The second-order valence-electron chi connectivity index (χ2n) is 8.53. The SMILES string of the molecule is CCNC(=NCc1ccnc(N2CCN(C)CC2)c1)NC(C)Cc1c(C)nn(C)c1C.I. The monoisotopic (exact) mass is 554 g/mol. The lowest BCUT2D eigenvalue weighted by molar-refractivity contribution is 0.312. The number of nitrogens with one attached hydrogen (secondary N) is 2. The lowest BCUT2D eigenvalue weighted by Crippen LogP contribution is -2.44. The molecule has 8 nitrogen and oxygen atoms in total. The first kappa shape index (κ1) is 26.4. The van der Waals surface area contributed by atoms with Gasteiger partial charge in [0, 0.05) is 57.7 Å². The van der Waals surface area contributed by atoms with Gasteiger partial charge in [0.1, 0.15) is 5.82 Å². The second-order valence-corrected chi connectivity index (χ2v) is 8.53. The summed E-state index contributed by atoms with van der Waals surface area (Å²) in [6.07, 6.45) is 2.81. The third-order valence-corrected chi connectivity index (χ3v) is 5.95. The molecule has 1 aliphatic heterocycles. The Labute approximate surface area is 209 Å². The van der Waals surface area contributed by atoms with Gasteiger partial charge in [0.25, 0.3) is 0 Å². The highest BCUT2D eigenvalue weighted by atomic mass is 127. The molecule has 2 N–H and O–H groups in total. The van der Waals surface area contributed by atoms with Crippen molar-refractivity contribution in [2.24, 2.45) is 12.0 Å². The van der Waals surface area contributed by atoms with E-state index >= 15 is 0 Å². The molecular formula is C23H39IN8. The Hall–Kier alpha value is -1.88. The molecule has 0 bridgehead atoms. The van der Waals surface area contributed by atoms with Crippen LogP contribution < -0.4 is 15.5 Å². The Balaban J connectivity index is 0.00000363. The first-order valence-electron chi connectivity index (χ1n) is 11.3. The van der Waals surface area contributed by atoms with Crippen LogP contribution in [0.4, 0.5) is 5.82 Å². The summed E-state index contributed by atoms with van der Waals surface area (Å²) in [5.41, 5.74) is 4.81. The molecule has 0 amide bonds. The van der Waals surface area contributed by atoms with Crippen molar-refractivity contribution in [3.8, 4) is 0 Å². The molecule has 1 saturated heterocycles. The first-order valence-corrected chi connectivity index (χ1v) is 11.3. The highest BCUT2D eigenvalue weighted by molar-refractivity contribution is 14.0. The predicted molar refractivity (Wildman–Crippen MR) is 143 cm³/mol. The van der Waals surface area contributed by atoms with Gasteiger partial charge in [0.15, 0.2) is 5.96 Å². The summed E-state index contributed by atoms with van der Waals surface area (Å²) in [5.74, 6) is 1.89. The predicted octanol–water partition coefficient (Wildman–Crippen LogP) is 2.49. The molecule has 178 valence electrons. The van der Waals surface area contributed by atoms with Crippen LogP contribution in [-0.4, -0.2) is 71.4 Å². The number of aromatic nitrogens is 3. The largest absolute Gasteiger partial charge is 0.357 e. The molecule has 0 spiro atoms. The summed E-state index contributed by atoms with van der Waals surface area (Å²) in [4.78, 5) is 14.1. The standard InChI is InChI=1S/C23H38N8.HI/c1-7-24-23(27-17(2)14-21-18(3)28-30(6)19(21)4)26-16-20-8-9-25-22(15-20)31-12-10-29(5)11-13-31;/h8-9,15,17H,7,10-14,16H2,1-6H3,(H2,24,26,27);1H. The molecule has 3 rings (SSSR count). The van der Waals surface area contributed by atoms with E-state index in [4.69, 9.17) is 4.99 Å². The molecule has 0 radical (unpaired) electrons. The molecule has 0 aromatic carbocycles. The number of aryl methyl sites for hydroxylation is 2. The van der Waals surface area contributed by atoms with E-state index in [-0.39, 0.29) is 30.0 Å². The maximum Gasteiger partial charge on any atom is 0.191 e. The lowest BCUT2D eigenvalue weighted by Gasteiger charge is -2.33. The van der Waals surface area contributed by atoms with Crippen LogP contribution in [0, 0.1) is 13.8 Å². The second kappa shape index (κ2) is 12.4. The van der Waals surface area contributed by atoms with Gasteiger partial charge in [-0.05, 0) is 64.4 Å². The van der Waals surface area contributed by atoms with Crippen molar-refractivity contribution >= 4 is 35.8 Å². The Morgan fingerprint density at radius 3 is 2.53 bits per heavy atom. The summed E-state index contributed by atoms with van der Waals surface area (Å²) in [6, 6.07) is 4.47. The Morgan fingerprint density at radius 1 is 1.19 bits per heavy atom. The fraction of sp³-hybridized carbons (Fsp3) is 0.609. The molecular weight excluding hydrogens is 515 g/mol. The number of halogens is 1. The third kappa shape index (κ3) is 7.06. The minimum absolute atomic E-state index is 0. The van der Waals surface area contributed by atoms with Crippen molar-refractivity contribution in [3.63, 3.8) is 0 Å². The Morgan fingerprint density at radius 2 is 1.91 bits per heavy atom. The molecule has 1 atom stereocenters. The fourth-order valence-corrected chi connectivity index (χ4v) is 3.96. The zero-order chi connectivity index (χ0) is 22.4. The van der Waals surface area contributed by atoms with Crippen LogP contribution in [0.25, 0.3) is 0 Å². The van der Waals surface area contributed by atoms with Crippen LogP contribution in [-0.2, 0) is 20.0 Å². The number of hydrogen-bond donors (Lipinski definition) is 2. The topological polar surface area (TPSA) is 73.6 Å². The summed E-state index contributed by atoms with van der Waals surface area (Å²) < 4.78 is 1.96. The molecule has 2 aromatic rings. The molecule has 0 saturated carbocycles. The number of anilines is 1. The number of likely N-dealkylation sites (N-methyl/N-ethyl adjacent to an activating group) is 1. The molecule has 2 aromatic heterocycles. The van der Waals surface area contributed by atoms with Crippen molar-refractivity contribution in [2.45, 2.75) is 46.7 Å². The Kier molecular flexibility index (Phi) is 10.2. The third-order valence-electron chi connectivity index (χ3n) is 5.95. The van der Waals surface area contributed by atoms with Crippen LogP contribution in [0.15, 0.2) is 23.3 Å². The van der Waals surface area contributed by atoms with Gasteiger partial charge in [0.2, 0.25) is 0 Å². The first-order chi connectivity index (χ1) is 14.9. The van der Waals surface area contributed by atoms with Crippen LogP contribution in [0.3, 0.4) is 0 Å². The number of hydrogen-bond acceptors (Lipinski definition) is 5. The van der Waals surface area contributed by atoms with E-state index in [2.05, 4.69) is 77.4 Å². The highest BCUT2D eigenvalue weighted by Crippen LogP contribution is 2.16. The van der Waals surface area contributed by atoms with Crippen molar-refractivity contribution in [1.82, 2.24) is 30.3 Å². The van der Waals surface area contributed by atoms with Gasteiger partial charge in [-0.15, -0.1) is 24.0 Å². The number of nitrogens with zero attached hydrogens (tertiary/aromatic N) is 6. The van der Waals surface area contributed by atoms with E-state index < -0.39 is 0 Å². The number of piperazine rings is 1. The van der Waals surface area contributed by atoms with Crippen LogP contribution in [0.1, 0.15) is 36.4 Å². The average molecular weight is 555 g/mol. The van der Waals surface area contributed by atoms with E-state index in [1.165, 1.54) is 16.8 Å². The van der Waals surface area contributed by atoms with Crippen LogP contribution >= 0.6 is 24.0 Å². The summed E-state index contributed by atoms with van der Waals surface area (Å²) >= 11 is 0. The van der Waals surface area contributed by atoms with Gasteiger partial charge in [-0.1, -0.05) is 0 Å². The number of guanidine groups is 1. The normalized spacial score (nSPS) is 15.9. The van der Waals surface area contributed by atoms with Crippen molar-refractivity contribution in [1.29, 1.82) is 0 Å². The minimum Gasteiger partial charge on any atom is -0.357 e. The molecule has 1 unspecified atom stereocenters. The van der Waals surface area contributed by atoms with Gasteiger partial charge < -0.3 is 20.4 Å².